The van der Waals surface area contributed by atoms with Gasteiger partial charge in [-0.25, -0.2) is 14.4 Å². The molecule has 5 aromatic carbocycles. The summed E-state index contributed by atoms with van der Waals surface area (Å²) in [5.74, 6) is 5.55. The standard InChI is InChI=1S/2C12H17N.3C10H15N.C9H15NO.C8H15NO2.2C7H14N2O2.C7H14N2O.2C7H13NO.C5H13NO.C4H11N/c1-8(2)9-3-4-10-6-12(13)7-11(10)5-9;1-8(2)11-5-3-4-9-6-10(13)7-12(9)11;1-8(2)10-5-3-9(7-11)4-6-10;1-8(2)10-5-3-4-9(6-10)7-11;1-8(2)10-6-4-3-5-9(10)7-11;1-6(2)9(11)7-4-3-5-8(7)10;1-4-7-5-9(6(2)3)8(10)11-7;1-5(2)9-6(3-8)4-11-7(9)10;1-5(2)9-4-6(3-8)11-7(9)10;1-5(2)7(10)9-3-6(8)4-9;1-5(2)6(9)7(8)3-4-7;1-4(2)7(9)5-3-6(5)8;1-5(2)7-4-3-6;1-4(2)3-5/h3-5,8,12H,6-7,13H2,1-2H3;3-5,8,10H,6-7,13H2,1-2H3;3*3-6,8H,7,11H2,1-2H3;3,5-8H,4,10H2,1-2H3;6-7H,4-5H2,1-3H3;2*5-6H,3-4,8H2,1-2H3;5-6H,3-4,8H2,1-2H3;5H,3-4,8H2,1-2H3;4-6H,3,8H2,1-2H3;5H,3-4,6H2,1-2H3;4H,3,5H2,1-2H3/t12-;10-;;;;7-,8+;7-;2*6-;;;5-,6+;;/m10...0101..0../s1. The number of hydrogen-bond donors (Lipinski definition) is 13. The Morgan fingerprint density at radius 1 is 0.462 bits per heavy atom. The Labute approximate surface area is 864 Å². The number of nitrogens with zero attached hydrogens (tertiary/aromatic N) is 4. The Balaban J connectivity index is 0.000000773. The molecule has 2 saturated carbocycles. The van der Waals surface area contributed by atoms with Crippen LogP contribution < -0.4 is 74.5 Å². The molecule has 9 aliphatic rings. The molecule has 28 nitrogen and oxygen atoms in total. The SMILES string of the molecule is CC(C)C(=O)C1(N)CC1.CC(C)C(=O)N1CC(N)C1.CC(C)C(=O)[C@H]1CC=C[C@H]1N.CC(C)C(=O)[C@H]1C[C@H]1N.CC(C)CN.CC(C)N1C(=O)OC[C@@H]1CN.CC(C)N1C[C@@H](CN)OC1=O.CC(C)OCCN.CC(C)c1ccc(CN)cc1.CC(C)c1ccc2c(c1)C[C@H](N)C2.CC(C)c1cccc(CN)c1.CC(C)c1cccc2c1C[C@@H](N)C2.CC(C)c1ccccc1CN.CC[C@@H]1CN(C(C)C)C(=O)O1. The summed E-state index contributed by atoms with van der Waals surface area (Å²) in [6.07, 6.45) is 12.3. The van der Waals surface area contributed by atoms with Crippen LogP contribution in [-0.4, -0.2) is 205 Å². The number of fused-ring (bicyclic) bond motifs is 2. The van der Waals surface area contributed by atoms with Crippen molar-refractivity contribution in [2.24, 2.45) is 116 Å². The van der Waals surface area contributed by atoms with Gasteiger partial charge in [-0.1, -0.05) is 267 Å². The fourth-order valence-electron chi connectivity index (χ4n) is 15.9. The van der Waals surface area contributed by atoms with E-state index in [9.17, 15) is 33.6 Å². The first-order chi connectivity index (χ1) is 67.0. The van der Waals surface area contributed by atoms with Gasteiger partial charge in [0.25, 0.3) is 0 Å². The van der Waals surface area contributed by atoms with Crippen molar-refractivity contribution in [2.75, 3.05) is 65.6 Å². The van der Waals surface area contributed by atoms with E-state index in [1.165, 1.54) is 66.8 Å². The van der Waals surface area contributed by atoms with E-state index >= 15 is 0 Å². The number of cyclic esters (lactones) is 3. The number of benzene rings is 5. The van der Waals surface area contributed by atoms with E-state index in [2.05, 4.69) is 186 Å². The number of Topliss-reactive ketones (excluding diaryl/α,β-unsaturated/α-hetero) is 3. The minimum atomic E-state index is -0.409. The molecule has 0 spiro atoms. The van der Waals surface area contributed by atoms with Crippen LogP contribution >= 0.6 is 0 Å². The third-order valence-electron chi connectivity index (χ3n) is 25.5. The van der Waals surface area contributed by atoms with Crippen molar-refractivity contribution >= 4 is 41.5 Å². The van der Waals surface area contributed by atoms with Gasteiger partial charge in [0, 0.05) is 136 Å². The lowest BCUT2D eigenvalue weighted by atomic mass is 9.91. The second-order valence-corrected chi connectivity index (χ2v) is 43.2. The number of rotatable bonds is 25. The van der Waals surface area contributed by atoms with Gasteiger partial charge in [-0.2, -0.15) is 0 Å². The zero-order valence-corrected chi connectivity index (χ0v) is 93.7. The van der Waals surface area contributed by atoms with Crippen molar-refractivity contribution < 1.29 is 52.5 Å². The van der Waals surface area contributed by atoms with Crippen molar-refractivity contribution in [3.63, 3.8) is 0 Å². The fourth-order valence-corrected chi connectivity index (χ4v) is 15.9. The van der Waals surface area contributed by atoms with Gasteiger partial charge in [0.15, 0.2) is 5.78 Å². The summed E-state index contributed by atoms with van der Waals surface area (Å²) in [7, 11) is 0. The number of ketones is 3. The highest BCUT2D eigenvalue weighted by atomic mass is 16.6. The number of amides is 4. The quantitative estimate of drug-likeness (QED) is 0.0191. The van der Waals surface area contributed by atoms with E-state index < -0.39 is 5.54 Å². The first-order valence-electron chi connectivity index (χ1n) is 53.0. The van der Waals surface area contributed by atoms with E-state index in [0.29, 0.717) is 124 Å². The zero-order valence-electron chi connectivity index (χ0n) is 93.7. The number of carbonyl (C=O) groups is 7. The molecule has 28 heteroatoms. The monoisotopic (exact) mass is 2000 g/mol. The molecule has 4 aliphatic heterocycles. The molecule has 0 unspecified atom stereocenters. The van der Waals surface area contributed by atoms with Crippen molar-refractivity contribution in [3.8, 4) is 0 Å². The molecular weight excluding hydrogens is 1800 g/mol. The number of likely N-dealkylation sites (tertiary alicyclic amines) is 1. The summed E-state index contributed by atoms with van der Waals surface area (Å²) in [4.78, 5) is 84.8. The third-order valence-corrected chi connectivity index (χ3v) is 25.5. The van der Waals surface area contributed by atoms with Gasteiger partial charge in [-0.05, 0) is 222 Å². The third kappa shape index (κ3) is 49.8. The van der Waals surface area contributed by atoms with Crippen LogP contribution in [0.5, 0.6) is 0 Å². The molecule has 0 radical (unpaired) electrons. The molecule has 4 amide bonds. The van der Waals surface area contributed by atoms with Crippen molar-refractivity contribution in [1.29, 1.82) is 0 Å². The lowest BCUT2D eigenvalue weighted by Crippen LogP contribution is -2.58. The van der Waals surface area contributed by atoms with E-state index in [1.54, 1.807) is 19.6 Å². The normalized spacial score (nSPS) is 19.8. The van der Waals surface area contributed by atoms with E-state index in [1.807, 2.05) is 136 Å². The van der Waals surface area contributed by atoms with E-state index in [-0.39, 0.29) is 120 Å². The first kappa shape index (κ1) is 133. The molecular formula is C115H201N17O11. The molecule has 9 atom stereocenters. The minimum Gasteiger partial charge on any atom is -0.447 e. The van der Waals surface area contributed by atoms with Crippen LogP contribution in [0.4, 0.5) is 14.4 Å². The maximum absolute atomic E-state index is 11.4. The van der Waals surface area contributed by atoms with Gasteiger partial charge in [0.1, 0.15) is 30.4 Å². The number of allylic oxidation sites excluding steroid dienone is 1. The number of nitrogens with two attached hydrogens (primary N) is 13. The molecule has 26 N–H and O–H groups in total. The Morgan fingerprint density at radius 3 is 1.31 bits per heavy atom. The van der Waals surface area contributed by atoms with Crippen LogP contribution in [0.2, 0.25) is 0 Å². The predicted octanol–water partition coefficient (Wildman–Crippen LogP) is 16.4. The van der Waals surface area contributed by atoms with Crippen LogP contribution in [0.15, 0.2) is 121 Å². The van der Waals surface area contributed by atoms with Gasteiger partial charge < -0.3 is 108 Å². The van der Waals surface area contributed by atoms with Crippen LogP contribution in [-0.2, 0) is 83.4 Å². The molecule has 6 fully saturated rings. The lowest BCUT2D eigenvalue weighted by Gasteiger charge is -2.37. The highest BCUT2D eigenvalue weighted by Crippen LogP contribution is 2.36. The Hall–Kier alpha value is -8.43. The summed E-state index contributed by atoms with van der Waals surface area (Å²) < 4.78 is 19.9. The maximum atomic E-state index is 11.4. The molecule has 812 valence electrons. The zero-order chi connectivity index (χ0) is 109. The topological polar surface area (TPSA) is 508 Å². The fraction of sp³-hybridized carbons (Fsp3) is 0.661. The van der Waals surface area contributed by atoms with Gasteiger partial charge in [-0.15, -0.1) is 0 Å². The summed E-state index contributed by atoms with van der Waals surface area (Å²) in [5, 5.41) is 0. The summed E-state index contributed by atoms with van der Waals surface area (Å²) in [6.45, 7) is 67.7. The highest BCUT2D eigenvalue weighted by Gasteiger charge is 2.46. The average molecular weight is 2000 g/mol. The lowest BCUT2D eigenvalue weighted by molar-refractivity contribution is -0.138. The van der Waals surface area contributed by atoms with Crippen LogP contribution in [0.3, 0.4) is 0 Å². The van der Waals surface area contributed by atoms with Crippen LogP contribution in [0, 0.1) is 41.4 Å². The Kier molecular flexibility index (Phi) is 63.9. The maximum Gasteiger partial charge on any atom is 0.410 e. The molecule has 0 bridgehead atoms. The molecule has 143 heavy (non-hydrogen) atoms. The summed E-state index contributed by atoms with van der Waals surface area (Å²) in [6, 6.07) is 40.5. The largest absolute Gasteiger partial charge is 0.447 e. The van der Waals surface area contributed by atoms with Crippen molar-refractivity contribution in [1.82, 2.24) is 19.6 Å². The van der Waals surface area contributed by atoms with Gasteiger partial charge in [0.05, 0.1) is 37.4 Å². The number of carbonyl (C=O) groups excluding carboxylic acids is 7. The van der Waals surface area contributed by atoms with Crippen LogP contribution in [0.1, 0.15) is 329 Å². The molecule has 5 aliphatic carbocycles. The summed E-state index contributed by atoms with van der Waals surface area (Å²) >= 11 is 0. The number of hydrogen-bond acceptors (Lipinski definition) is 24. The predicted molar refractivity (Wildman–Crippen MR) is 592 cm³/mol. The van der Waals surface area contributed by atoms with E-state index in [4.69, 9.17) is 93.5 Å². The molecule has 4 heterocycles. The highest BCUT2D eigenvalue weighted by molar-refractivity contribution is 5.92. The summed E-state index contributed by atoms with van der Waals surface area (Å²) in [5.41, 5.74) is 88.2. The van der Waals surface area contributed by atoms with Crippen LogP contribution in [0.25, 0.3) is 0 Å². The van der Waals surface area contributed by atoms with Gasteiger partial charge >= 0.3 is 18.3 Å². The second kappa shape index (κ2) is 68.9. The molecule has 5 aromatic rings. The number of ether oxygens (including phenoxy) is 4. The van der Waals surface area contributed by atoms with Gasteiger partial charge in [-0.3, -0.25) is 24.1 Å². The molecule has 0 aromatic heterocycles. The molecule has 14 rings (SSSR count). The Bertz CT molecular complexity index is 4430. The van der Waals surface area contributed by atoms with E-state index in [0.717, 1.165) is 84.0 Å². The Morgan fingerprint density at radius 2 is 0.944 bits per heavy atom. The van der Waals surface area contributed by atoms with Gasteiger partial charge in [0.2, 0.25) is 5.91 Å². The average Bonchev–Trinajstić information content (AvgIpc) is 1.64. The second-order valence-electron chi connectivity index (χ2n) is 43.2. The molecule has 4 saturated heterocycles. The smallest absolute Gasteiger partial charge is 0.410 e. The minimum absolute atomic E-state index is 0.0371. The van der Waals surface area contributed by atoms with Crippen molar-refractivity contribution in [3.05, 3.63) is 188 Å². The van der Waals surface area contributed by atoms with Crippen molar-refractivity contribution in [2.45, 2.75) is 386 Å². The first-order valence-corrected chi connectivity index (χ1v) is 53.0.